The van der Waals surface area contributed by atoms with Crippen molar-refractivity contribution in [3.05, 3.63) is 0 Å². The Hall–Kier alpha value is -0.610. The second-order valence-electron chi connectivity index (χ2n) is 3.62. The van der Waals surface area contributed by atoms with Gasteiger partial charge >= 0.3 is 0 Å². The first-order valence-electron chi connectivity index (χ1n) is 4.35. The van der Waals surface area contributed by atoms with Gasteiger partial charge in [-0.2, -0.15) is 0 Å². The third-order valence-electron chi connectivity index (χ3n) is 2.44. The van der Waals surface area contributed by atoms with Crippen LogP contribution in [0.25, 0.3) is 0 Å². The number of hydrogen-bond donors (Lipinski definition) is 2. The van der Waals surface area contributed by atoms with Crippen LogP contribution < -0.4 is 11.5 Å². The number of nitrogens with zero attached hydrogens (tertiary/aromatic N) is 1. The standard InChI is InChI=1S/C8H17N3O/c1-2-11-4-3-8(10,6-11)5-7(9)12/h2-6,10H2,1H3,(H2,9,12). The summed E-state index contributed by atoms with van der Waals surface area (Å²) in [5, 5.41) is 0. The first kappa shape index (κ1) is 9.48. The van der Waals surface area contributed by atoms with Gasteiger partial charge in [0.25, 0.3) is 0 Å². The number of carbonyl (C=O) groups is 1. The predicted octanol–water partition coefficient (Wildman–Crippen LogP) is -0.715. The zero-order valence-electron chi connectivity index (χ0n) is 7.55. The number of nitrogens with two attached hydrogens (primary N) is 2. The Kier molecular flexibility index (Phi) is 2.69. The van der Waals surface area contributed by atoms with E-state index >= 15 is 0 Å². The lowest BCUT2D eigenvalue weighted by molar-refractivity contribution is -0.119. The number of likely N-dealkylation sites (tertiary alicyclic amines) is 1. The van der Waals surface area contributed by atoms with Gasteiger partial charge in [0.1, 0.15) is 0 Å². The number of hydrogen-bond acceptors (Lipinski definition) is 3. The molecule has 0 aromatic carbocycles. The molecule has 12 heavy (non-hydrogen) atoms. The Morgan fingerprint density at radius 3 is 2.75 bits per heavy atom. The van der Waals surface area contributed by atoms with Crippen molar-refractivity contribution in [1.82, 2.24) is 4.90 Å². The maximum absolute atomic E-state index is 10.7. The van der Waals surface area contributed by atoms with Gasteiger partial charge in [-0.15, -0.1) is 0 Å². The largest absolute Gasteiger partial charge is 0.370 e. The molecule has 4 nitrogen and oxygen atoms in total. The lowest BCUT2D eigenvalue weighted by Gasteiger charge is -2.22. The average Bonchev–Trinajstić information content (AvgIpc) is 2.30. The lowest BCUT2D eigenvalue weighted by atomic mass is 9.95. The van der Waals surface area contributed by atoms with Crippen molar-refractivity contribution >= 4 is 5.91 Å². The van der Waals surface area contributed by atoms with Crippen LogP contribution in [0.15, 0.2) is 0 Å². The minimum Gasteiger partial charge on any atom is -0.370 e. The number of likely N-dealkylation sites (N-methyl/N-ethyl adjacent to an activating group) is 1. The molecule has 0 aromatic rings. The first-order chi connectivity index (χ1) is 5.56. The molecule has 1 unspecified atom stereocenters. The van der Waals surface area contributed by atoms with Crippen LogP contribution in [-0.2, 0) is 4.79 Å². The molecule has 70 valence electrons. The zero-order chi connectivity index (χ0) is 9.19. The van der Waals surface area contributed by atoms with Gasteiger partial charge in [0.15, 0.2) is 0 Å². The van der Waals surface area contributed by atoms with Crippen LogP contribution in [-0.4, -0.2) is 36.0 Å². The maximum atomic E-state index is 10.7. The van der Waals surface area contributed by atoms with E-state index in [1.165, 1.54) is 0 Å². The molecule has 1 saturated heterocycles. The quantitative estimate of drug-likeness (QED) is 0.589. The van der Waals surface area contributed by atoms with Crippen LogP contribution in [0.2, 0.25) is 0 Å². The van der Waals surface area contributed by atoms with E-state index in [0.29, 0.717) is 6.42 Å². The number of primary amides is 1. The van der Waals surface area contributed by atoms with Gasteiger partial charge < -0.3 is 16.4 Å². The van der Waals surface area contributed by atoms with E-state index in [9.17, 15) is 4.79 Å². The normalized spacial score (nSPS) is 30.8. The summed E-state index contributed by atoms with van der Waals surface area (Å²) in [5.41, 5.74) is 10.7. The fourth-order valence-corrected chi connectivity index (χ4v) is 1.75. The zero-order valence-corrected chi connectivity index (χ0v) is 7.55. The second-order valence-corrected chi connectivity index (χ2v) is 3.62. The van der Waals surface area contributed by atoms with Gasteiger partial charge in [0.2, 0.25) is 5.91 Å². The minimum absolute atomic E-state index is 0.296. The molecule has 0 aromatic heterocycles. The van der Waals surface area contributed by atoms with Crippen molar-refractivity contribution in [2.45, 2.75) is 25.3 Å². The fourth-order valence-electron chi connectivity index (χ4n) is 1.75. The topological polar surface area (TPSA) is 72.3 Å². The summed E-state index contributed by atoms with van der Waals surface area (Å²) in [6.07, 6.45) is 1.19. The first-order valence-corrected chi connectivity index (χ1v) is 4.35. The van der Waals surface area contributed by atoms with Crippen molar-refractivity contribution in [3.8, 4) is 0 Å². The SMILES string of the molecule is CCN1CCC(N)(CC(N)=O)C1. The molecule has 1 aliphatic rings. The van der Waals surface area contributed by atoms with Gasteiger partial charge in [-0.25, -0.2) is 0 Å². The number of amides is 1. The molecule has 4 N–H and O–H groups in total. The third kappa shape index (κ3) is 2.19. The Morgan fingerprint density at radius 1 is 1.67 bits per heavy atom. The van der Waals surface area contributed by atoms with E-state index in [1.54, 1.807) is 0 Å². The Morgan fingerprint density at radius 2 is 2.33 bits per heavy atom. The van der Waals surface area contributed by atoms with Crippen LogP contribution in [0.3, 0.4) is 0 Å². The molecule has 0 aliphatic carbocycles. The van der Waals surface area contributed by atoms with Gasteiger partial charge in [-0.3, -0.25) is 4.79 Å². The summed E-state index contributed by atoms with van der Waals surface area (Å²) in [5.74, 6) is -0.296. The van der Waals surface area contributed by atoms with Gasteiger partial charge in [-0.1, -0.05) is 6.92 Å². The molecule has 0 radical (unpaired) electrons. The second kappa shape index (κ2) is 3.41. The van der Waals surface area contributed by atoms with Gasteiger partial charge in [0.05, 0.1) is 0 Å². The smallest absolute Gasteiger partial charge is 0.219 e. The molecule has 1 fully saturated rings. The molecule has 1 amide bonds. The van der Waals surface area contributed by atoms with Gasteiger partial charge in [0, 0.05) is 25.0 Å². The van der Waals surface area contributed by atoms with Crippen LogP contribution in [0.1, 0.15) is 19.8 Å². The minimum atomic E-state index is -0.359. The van der Waals surface area contributed by atoms with E-state index in [4.69, 9.17) is 11.5 Å². The molecule has 0 spiro atoms. The monoisotopic (exact) mass is 171 g/mol. The highest BCUT2D eigenvalue weighted by Gasteiger charge is 2.34. The highest BCUT2D eigenvalue weighted by molar-refractivity contribution is 5.75. The Bertz CT molecular complexity index is 183. The number of rotatable bonds is 3. The van der Waals surface area contributed by atoms with Crippen LogP contribution in [0.4, 0.5) is 0 Å². The summed E-state index contributed by atoms with van der Waals surface area (Å²) in [6.45, 7) is 4.88. The lowest BCUT2D eigenvalue weighted by Crippen LogP contribution is -2.45. The molecule has 1 atom stereocenters. The summed E-state index contributed by atoms with van der Waals surface area (Å²) < 4.78 is 0. The molecule has 1 aliphatic heterocycles. The van der Waals surface area contributed by atoms with Crippen molar-refractivity contribution in [2.75, 3.05) is 19.6 Å². The summed E-state index contributed by atoms with van der Waals surface area (Å²) >= 11 is 0. The summed E-state index contributed by atoms with van der Waals surface area (Å²) in [7, 11) is 0. The summed E-state index contributed by atoms with van der Waals surface area (Å²) in [4.78, 5) is 12.9. The van der Waals surface area contributed by atoms with E-state index in [-0.39, 0.29) is 11.4 Å². The van der Waals surface area contributed by atoms with Crippen LogP contribution in [0.5, 0.6) is 0 Å². The van der Waals surface area contributed by atoms with Crippen molar-refractivity contribution in [1.29, 1.82) is 0 Å². The van der Waals surface area contributed by atoms with Crippen molar-refractivity contribution < 1.29 is 4.79 Å². The molecule has 4 heteroatoms. The third-order valence-corrected chi connectivity index (χ3v) is 2.44. The number of carbonyl (C=O) groups excluding carboxylic acids is 1. The Balaban J connectivity index is 2.46. The molecule has 0 saturated carbocycles. The molecular weight excluding hydrogens is 154 g/mol. The Labute approximate surface area is 72.9 Å². The van der Waals surface area contributed by atoms with Crippen molar-refractivity contribution in [2.24, 2.45) is 11.5 Å². The molecular formula is C8H17N3O. The average molecular weight is 171 g/mol. The highest BCUT2D eigenvalue weighted by Crippen LogP contribution is 2.21. The highest BCUT2D eigenvalue weighted by atomic mass is 16.1. The van der Waals surface area contributed by atoms with Crippen LogP contribution in [0, 0.1) is 0 Å². The maximum Gasteiger partial charge on any atom is 0.219 e. The van der Waals surface area contributed by atoms with Crippen molar-refractivity contribution in [3.63, 3.8) is 0 Å². The fraction of sp³-hybridized carbons (Fsp3) is 0.875. The van der Waals surface area contributed by atoms with Gasteiger partial charge in [-0.05, 0) is 13.0 Å². The van der Waals surface area contributed by atoms with Crippen LogP contribution >= 0.6 is 0 Å². The predicted molar refractivity (Wildman–Crippen MR) is 47.5 cm³/mol. The van der Waals surface area contributed by atoms with E-state index in [0.717, 1.165) is 26.1 Å². The molecule has 1 rings (SSSR count). The molecule has 0 bridgehead atoms. The molecule has 1 heterocycles. The van der Waals surface area contributed by atoms with E-state index < -0.39 is 0 Å². The summed E-state index contributed by atoms with van der Waals surface area (Å²) in [6, 6.07) is 0. The van der Waals surface area contributed by atoms with E-state index in [1.807, 2.05) is 0 Å². The van der Waals surface area contributed by atoms with E-state index in [2.05, 4.69) is 11.8 Å².